The minimum Gasteiger partial charge on any atom is -0.270 e. The summed E-state index contributed by atoms with van der Waals surface area (Å²) < 4.78 is 22.6. The second-order valence-corrected chi connectivity index (χ2v) is 5.20. The highest BCUT2D eigenvalue weighted by Crippen LogP contribution is 2.20. The summed E-state index contributed by atoms with van der Waals surface area (Å²) >= 11 is 0. The van der Waals surface area contributed by atoms with Crippen molar-refractivity contribution in [2.75, 3.05) is 5.75 Å². The highest BCUT2D eigenvalue weighted by molar-refractivity contribution is 7.92. The van der Waals surface area contributed by atoms with E-state index in [4.69, 9.17) is 0 Å². The van der Waals surface area contributed by atoms with E-state index in [-0.39, 0.29) is 12.2 Å². The Bertz CT molecular complexity index is 353. The number of sulfone groups is 1. The molecular formula is C7H9NO4S. The molecule has 13 heavy (non-hydrogen) atoms. The molecule has 1 fully saturated rings. The van der Waals surface area contributed by atoms with Crippen molar-refractivity contribution in [3.63, 3.8) is 0 Å². The number of amides is 1. The van der Waals surface area contributed by atoms with Gasteiger partial charge in [0, 0.05) is 0 Å². The largest absolute Gasteiger partial charge is 0.274 e. The van der Waals surface area contributed by atoms with Crippen molar-refractivity contribution < 1.29 is 18.0 Å². The molecule has 1 atom stereocenters. The van der Waals surface area contributed by atoms with Gasteiger partial charge in [-0.1, -0.05) is 6.42 Å². The molecule has 0 saturated carbocycles. The van der Waals surface area contributed by atoms with Crippen LogP contribution in [-0.2, 0) is 19.4 Å². The molecule has 1 amide bonds. The molecule has 0 bridgehead atoms. The standard InChI is InChI=1S/C7H9NO4S/c9-5-8-7(10)6-3-1-2-4-13(6,11)12/h6H,1-4H2. The maximum Gasteiger partial charge on any atom is 0.274 e. The quantitative estimate of drug-likeness (QED) is 0.437. The van der Waals surface area contributed by atoms with Gasteiger partial charge in [0.15, 0.2) is 9.84 Å². The summed E-state index contributed by atoms with van der Waals surface area (Å²) in [5.74, 6) is -0.868. The van der Waals surface area contributed by atoms with Crippen LogP contribution in [0.1, 0.15) is 19.3 Å². The third kappa shape index (κ3) is 2.23. The Morgan fingerprint density at radius 1 is 1.38 bits per heavy atom. The Morgan fingerprint density at radius 2 is 2.08 bits per heavy atom. The van der Waals surface area contributed by atoms with E-state index in [1.807, 2.05) is 0 Å². The van der Waals surface area contributed by atoms with Gasteiger partial charge in [-0.3, -0.25) is 4.79 Å². The van der Waals surface area contributed by atoms with Gasteiger partial charge in [-0.05, 0) is 12.8 Å². The molecule has 0 spiro atoms. The number of rotatable bonds is 1. The molecule has 5 nitrogen and oxygen atoms in total. The topological polar surface area (TPSA) is 80.6 Å². The summed E-state index contributed by atoms with van der Waals surface area (Å²) in [6, 6.07) is 0. The van der Waals surface area contributed by atoms with Gasteiger partial charge < -0.3 is 0 Å². The number of aliphatic imine (C=N–C) groups is 1. The third-order valence-electron chi connectivity index (χ3n) is 2.01. The lowest BCUT2D eigenvalue weighted by atomic mass is 10.2. The first-order valence-electron chi connectivity index (χ1n) is 3.91. The van der Waals surface area contributed by atoms with Crippen LogP contribution in [-0.4, -0.2) is 31.4 Å². The minimum atomic E-state index is -3.37. The molecule has 0 aromatic rings. The van der Waals surface area contributed by atoms with Crippen LogP contribution in [0.3, 0.4) is 0 Å². The zero-order valence-corrected chi connectivity index (χ0v) is 7.71. The number of carbonyl (C=O) groups is 1. The molecule has 0 aliphatic carbocycles. The number of nitrogens with zero attached hydrogens (tertiary/aromatic N) is 1. The van der Waals surface area contributed by atoms with Crippen LogP contribution >= 0.6 is 0 Å². The SMILES string of the molecule is O=C=NC(=O)C1CCCCS1(=O)=O. The zero-order valence-electron chi connectivity index (χ0n) is 6.89. The fourth-order valence-electron chi connectivity index (χ4n) is 1.35. The van der Waals surface area contributed by atoms with Crippen LogP contribution in [0.25, 0.3) is 0 Å². The predicted molar refractivity (Wildman–Crippen MR) is 44.6 cm³/mol. The van der Waals surface area contributed by atoms with Crippen molar-refractivity contribution in [1.82, 2.24) is 0 Å². The smallest absolute Gasteiger partial charge is 0.270 e. The normalized spacial score (nSPS) is 26.0. The van der Waals surface area contributed by atoms with Crippen molar-refractivity contribution in [3.05, 3.63) is 0 Å². The van der Waals surface area contributed by atoms with E-state index in [0.29, 0.717) is 12.8 Å². The number of hydrogen-bond donors (Lipinski definition) is 0. The van der Waals surface area contributed by atoms with Gasteiger partial charge in [-0.25, -0.2) is 13.2 Å². The molecular weight excluding hydrogens is 194 g/mol. The summed E-state index contributed by atoms with van der Waals surface area (Å²) in [5, 5.41) is -1.11. The lowest BCUT2D eigenvalue weighted by Crippen LogP contribution is -2.34. The fourth-order valence-corrected chi connectivity index (χ4v) is 3.13. The van der Waals surface area contributed by atoms with Gasteiger partial charge in [-0.15, -0.1) is 4.99 Å². The van der Waals surface area contributed by atoms with Crippen LogP contribution in [0.5, 0.6) is 0 Å². The Balaban J connectivity index is 2.89. The van der Waals surface area contributed by atoms with Gasteiger partial charge in [0.05, 0.1) is 5.75 Å². The highest BCUT2D eigenvalue weighted by Gasteiger charge is 2.34. The van der Waals surface area contributed by atoms with E-state index in [2.05, 4.69) is 4.99 Å². The molecule has 72 valence electrons. The number of carbonyl (C=O) groups excluding carboxylic acids is 2. The average Bonchev–Trinajstić information content (AvgIpc) is 2.03. The van der Waals surface area contributed by atoms with Gasteiger partial charge in [0.1, 0.15) is 5.25 Å². The number of hydrogen-bond acceptors (Lipinski definition) is 4. The first-order valence-corrected chi connectivity index (χ1v) is 5.63. The van der Waals surface area contributed by atoms with Crippen molar-refractivity contribution in [2.45, 2.75) is 24.5 Å². The molecule has 1 saturated heterocycles. The lowest BCUT2D eigenvalue weighted by Gasteiger charge is -2.18. The van der Waals surface area contributed by atoms with E-state index < -0.39 is 21.0 Å². The summed E-state index contributed by atoms with van der Waals surface area (Å²) in [5.41, 5.74) is 0. The van der Waals surface area contributed by atoms with Crippen molar-refractivity contribution in [1.29, 1.82) is 0 Å². The van der Waals surface area contributed by atoms with Crippen LogP contribution in [0.15, 0.2) is 4.99 Å². The molecule has 1 rings (SSSR count). The summed E-state index contributed by atoms with van der Waals surface area (Å²) in [6.45, 7) is 0. The van der Waals surface area contributed by atoms with E-state index in [0.717, 1.165) is 6.08 Å². The van der Waals surface area contributed by atoms with Crippen molar-refractivity contribution in [2.24, 2.45) is 4.99 Å². The van der Waals surface area contributed by atoms with Crippen LogP contribution in [0.2, 0.25) is 0 Å². The van der Waals surface area contributed by atoms with Gasteiger partial charge in [0.2, 0.25) is 6.08 Å². The zero-order chi connectivity index (χ0) is 9.90. The summed E-state index contributed by atoms with van der Waals surface area (Å²) in [7, 11) is -3.37. The lowest BCUT2D eigenvalue weighted by molar-refractivity contribution is -0.117. The van der Waals surface area contributed by atoms with Crippen molar-refractivity contribution >= 4 is 21.8 Å². The molecule has 1 aliphatic rings. The first-order chi connectivity index (χ1) is 6.08. The Hall–Kier alpha value is -1.00. The second kappa shape index (κ2) is 3.81. The van der Waals surface area contributed by atoms with E-state index in [1.165, 1.54) is 0 Å². The average molecular weight is 203 g/mol. The van der Waals surface area contributed by atoms with Crippen LogP contribution in [0, 0.1) is 0 Å². The van der Waals surface area contributed by atoms with Crippen LogP contribution < -0.4 is 0 Å². The summed E-state index contributed by atoms with van der Waals surface area (Å²) in [6.07, 6.45) is 2.60. The maximum atomic E-state index is 11.3. The molecule has 0 N–H and O–H groups in total. The molecule has 1 aliphatic heterocycles. The monoisotopic (exact) mass is 203 g/mol. The Morgan fingerprint density at radius 3 is 2.62 bits per heavy atom. The Labute approximate surface area is 75.8 Å². The van der Waals surface area contributed by atoms with Gasteiger partial charge >= 0.3 is 0 Å². The maximum absolute atomic E-state index is 11.3. The molecule has 0 radical (unpaired) electrons. The van der Waals surface area contributed by atoms with Crippen molar-refractivity contribution in [3.8, 4) is 0 Å². The molecule has 1 unspecified atom stereocenters. The fraction of sp³-hybridized carbons (Fsp3) is 0.714. The Kier molecular flexibility index (Phi) is 2.95. The second-order valence-electron chi connectivity index (χ2n) is 2.89. The summed E-state index contributed by atoms with van der Waals surface area (Å²) in [4.78, 5) is 23.6. The molecule has 0 aromatic heterocycles. The molecule has 1 heterocycles. The minimum absolute atomic E-state index is 0.0117. The van der Waals surface area contributed by atoms with Crippen LogP contribution in [0.4, 0.5) is 0 Å². The third-order valence-corrected chi connectivity index (χ3v) is 4.17. The highest BCUT2D eigenvalue weighted by atomic mass is 32.2. The first kappa shape index (κ1) is 10.1. The van der Waals surface area contributed by atoms with E-state index >= 15 is 0 Å². The predicted octanol–water partition coefficient (Wildman–Crippen LogP) is -0.184. The van der Waals surface area contributed by atoms with E-state index in [9.17, 15) is 18.0 Å². The van der Waals surface area contributed by atoms with Gasteiger partial charge in [-0.2, -0.15) is 0 Å². The molecule has 6 heteroatoms. The number of isocyanates is 1. The van der Waals surface area contributed by atoms with Gasteiger partial charge in [0.25, 0.3) is 5.91 Å². The molecule has 0 aromatic carbocycles. The van der Waals surface area contributed by atoms with E-state index in [1.54, 1.807) is 0 Å².